The molecule has 0 radical (unpaired) electrons. The molecule has 3 rings (SSSR count). The molecule has 0 aliphatic rings. The van der Waals surface area contributed by atoms with E-state index in [4.69, 9.17) is 9.68 Å². The Morgan fingerprint density at radius 1 is 1.24 bits per heavy atom. The maximum atomic E-state index is 8.84. The van der Waals surface area contributed by atoms with Gasteiger partial charge >= 0.3 is 0 Å². The number of nitrogens with zero attached hydrogens (tertiary/aromatic N) is 2. The molecule has 3 nitrogen and oxygen atoms in total. The van der Waals surface area contributed by atoms with E-state index in [0.717, 1.165) is 23.0 Å². The van der Waals surface area contributed by atoms with E-state index < -0.39 is 0 Å². The van der Waals surface area contributed by atoms with Crippen molar-refractivity contribution in [1.29, 1.82) is 5.26 Å². The van der Waals surface area contributed by atoms with Gasteiger partial charge in [-0.15, -0.1) is 0 Å². The average Bonchev–Trinajstić information content (AvgIpc) is 2.99. The van der Waals surface area contributed by atoms with Crippen LogP contribution in [-0.4, -0.2) is 4.57 Å². The van der Waals surface area contributed by atoms with Crippen molar-refractivity contribution in [3.05, 3.63) is 60.2 Å². The van der Waals surface area contributed by atoms with Crippen molar-refractivity contribution in [2.24, 2.45) is 0 Å². The summed E-state index contributed by atoms with van der Waals surface area (Å²) in [5, 5.41) is 9.93. The second-order valence-corrected chi connectivity index (χ2v) is 3.96. The van der Waals surface area contributed by atoms with E-state index >= 15 is 0 Å². The fraction of sp³-hybridized carbons (Fsp3) is 0.0714. The lowest BCUT2D eigenvalue weighted by atomic mass is 10.2. The largest absolute Gasteiger partial charge is 0.472 e. The molecule has 0 bridgehead atoms. The molecule has 0 aliphatic heterocycles. The molecule has 3 aromatic rings. The van der Waals surface area contributed by atoms with Crippen LogP contribution in [-0.2, 0) is 6.54 Å². The number of fused-ring (bicyclic) bond motifs is 1. The van der Waals surface area contributed by atoms with Gasteiger partial charge in [0.25, 0.3) is 0 Å². The Bertz CT molecular complexity index is 687. The zero-order valence-corrected chi connectivity index (χ0v) is 9.13. The number of hydrogen-bond donors (Lipinski definition) is 0. The van der Waals surface area contributed by atoms with Crippen molar-refractivity contribution in [2.75, 3.05) is 0 Å². The Morgan fingerprint density at radius 3 is 2.94 bits per heavy atom. The van der Waals surface area contributed by atoms with Crippen LogP contribution >= 0.6 is 0 Å². The first kappa shape index (κ1) is 9.73. The lowest BCUT2D eigenvalue weighted by molar-refractivity contribution is 0.562. The van der Waals surface area contributed by atoms with Gasteiger partial charge < -0.3 is 8.98 Å². The molecular weight excluding hydrogens is 212 g/mol. The van der Waals surface area contributed by atoms with Crippen LogP contribution in [0.15, 0.2) is 53.5 Å². The van der Waals surface area contributed by atoms with Gasteiger partial charge in [-0.3, -0.25) is 0 Å². The summed E-state index contributed by atoms with van der Waals surface area (Å²) < 4.78 is 7.20. The first-order valence-corrected chi connectivity index (χ1v) is 5.37. The molecule has 0 unspecified atom stereocenters. The van der Waals surface area contributed by atoms with E-state index in [-0.39, 0.29) is 0 Å². The highest BCUT2D eigenvalue weighted by atomic mass is 16.3. The third-order valence-electron chi connectivity index (χ3n) is 2.83. The third kappa shape index (κ3) is 1.70. The first-order valence-electron chi connectivity index (χ1n) is 5.37. The molecule has 1 aromatic carbocycles. The fourth-order valence-corrected chi connectivity index (χ4v) is 1.99. The number of hydrogen-bond acceptors (Lipinski definition) is 2. The van der Waals surface area contributed by atoms with Crippen LogP contribution < -0.4 is 0 Å². The maximum Gasteiger partial charge on any atom is 0.0991 e. The molecule has 2 aromatic heterocycles. The summed E-state index contributed by atoms with van der Waals surface area (Å²) >= 11 is 0. The van der Waals surface area contributed by atoms with Crippen LogP contribution in [0, 0.1) is 11.3 Å². The van der Waals surface area contributed by atoms with Crippen LogP contribution in [0.2, 0.25) is 0 Å². The van der Waals surface area contributed by atoms with Crippen LogP contribution in [0.1, 0.15) is 11.1 Å². The normalized spacial score (nSPS) is 10.5. The summed E-state index contributed by atoms with van der Waals surface area (Å²) in [6.45, 7) is 0.784. The maximum absolute atomic E-state index is 8.84. The second kappa shape index (κ2) is 3.84. The van der Waals surface area contributed by atoms with Crippen molar-refractivity contribution in [3.8, 4) is 6.07 Å². The van der Waals surface area contributed by atoms with E-state index in [2.05, 4.69) is 10.6 Å². The van der Waals surface area contributed by atoms with Crippen molar-refractivity contribution < 1.29 is 4.42 Å². The zero-order chi connectivity index (χ0) is 11.7. The van der Waals surface area contributed by atoms with E-state index in [0.29, 0.717) is 5.56 Å². The van der Waals surface area contributed by atoms with E-state index in [9.17, 15) is 0 Å². The third-order valence-corrected chi connectivity index (χ3v) is 2.83. The smallest absolute Gasteiger partial charge is 0.0991 e. The SMILES string of the molecule is N#Cc1ccc2c(ccn2Cc2ccoc2)c1. The molecule has 0 atom stereocenters. The highest BCUT2D eigenvalue weighted by Gasteiger charge is 2.03. The standard InChI is InChI=1S/C14H10N2O/c15-8-11-1-2-14-13(7-11)3-5-16(14)9-12-4-6-17-10-12/h1-7,10H,9H2. The Kier molecular flexibility index (Phi) is 2.20. The predicted molar refractivity (Wildman–Crippen MR) is 64.5 cm³/mol. The van der Waals surface area contributed by atoms with E-state index in [1.165, 1.54) is 0 Å². The van der Waals surface area contributed by atoms with Crippen LogP contribution in [0.5, 0.6) is 0 Å². The summed E-state index contributed by atoms with van der Waals surface area (Å²) in [6, 6.07) is 11.9. The van der Waals surface area contributed by atoms with Crippen molar-refractivity contribution >= 4 is 10.9 Å². The van der Waals surface area contributed by atoms with Crippen molar-refractivity contribution in [1.82, 2.24) is 4.57 Å². The molecule has 0 N–H and O–H groups in total. The van der Waals surface area contributed by atoms with Crippen LogP contribution in [0.25, 0.3) is 10.9 Å². The lowest BCUT2D eigenvalue weighted by Crippen LogP contribution is -1.95. The second-order valence-electron chi connectivity index (χ2n) is 3.96. The van der Waals surface area contributed by atoms with Gasteiger partial charge in [-0.05, 0) is 30.3 Å². The van der Waals surface area contributed by atoms with E-state index in [1.54, 1.807) is 12.5 Å². The minimum absolute atomic E-state index is 0.693. The van der Waals surface area contributed by atoms with Gasteiger partial charge in [0.15, 0.2) is 0 Å². The van der Waals surface area contributed by atoms with Gasteiger partial charge in [-0.2, -0.15) is 5.26 Å². The van der Waals surface area contributed by atoms with Crippen molar-refractivity contribution in [3.63, 3.8) is 0 Å². The Labute approximate surface area is 98.5 Å². The summed E-state index contributed by atoms with van der Waals surface area (Å²) in [4.78, 5) is 0. The predicted octanol–water partition coefficient (Wildman–Crippen LogP) is 3.15. The summed E-state index contributed by atoms with van der Waals surface area (Å²) in [5.74, 6) is 0. The van der Waals surface area contributed by atoms with Gasteiger partial charge in [-0.1, -0.05) is 0 Å². The Morgan fingerprint density at radius 2 is 2.18 bits per heavy atom. The minimum Gasteiger partial charge on any atom is -0.472 e. The van der Waals surface area contributed by atoms with Crippen LogP contribution in [0.3, 0.4) is 0 Å². The molecule has 0 saturated heterocycles. The number of benzene rings is 1. The Hall–Kier alpha value is -2.47. The number of nitriles is 1. The quantitative estimate of drug-likeness (QED) is 0.668. The van der Waals surface area contributed by atoms with Gasteiger partial charge in [0.05, 0.1) is 30.7 Å². The molecule has 3 heteroatoms. The van der Waals surface area contributed by atoms with Crippen LogP contribution in [0.4, 0.5) is 0 Å². The molecule has 0 aliphatic carbocycles. The minimum atomic E-state index is 0.693. The zero-order valence-electron chi connectivity index (χ0n) is 9.13. The summed E-state index contributed by atoms with van der Waals surface area (Å²) in [7, 11) is 0. The molecule has 0 amide bonds. The van der Waals surface area contributed by atoms with E-state index in [1.807, 2.05) is 36.5 Å². The molecular formula is C14H10N2O. The van der Waals surface area contributed by atoms with Gasteiger partial charge in [-0.25, -0.2) is 0 Å². The molecule has 17 heavy (non-hydrogen) atoms. The van der Waals surface area contributed by atoms with Gasteiger partial charge in [0.2, 0.25) is 0 Å². The molecule has 0 saturated carbocycles. The molecule has 82 valence electrons. The number of rotatable bonds is 2. The topological polar surface area (TPSA) is 41.9 Å². The van der Waals surface area contributed by atoms with Gasteiger partial charge in [0.1, 0.15) is 0 Å². The van der Waals surface area contributed by atoms with Crippen molar-refractivity contribution in [2.45, 2.75) is 6.54 Å². The highest BCUT2D eigenvalue weighted by molar-refractivity contribution is 5.81. The molecule has 0 spiro atoms. The molecule has 2 heterocycles. The average molecular weight is 222 g/mol. The monoisotopic (exact) mass is 222 g/mol. The van der Waals surface area contributed by atoms with Gasteiger partial charge in [0, 0.05) is 22.7 Å². The number of aromatic nitrogens is 1. The number of furan rings is 1. The summed E-state index contributed by atoms with van der Waals surface area (Å²) in [6.07, 6.45) is 5.45. The Balaban J connectivity index is 2.04. The highest BCUT2D eigenvalue weighted by Crippen LogP contribution is 2.18. The molecule has 0 fully saturated rings. The first-order chi connectivity index (χ1) is 8.36. The fourth-order valence-electron chi connectivity index (χ4n) is 1.99. The summed E-state index contributed by atoms with van der Waals surface area (Å²) in [5.41, 5.74) is 2.95. The lowest BCUT2D eigenvalue weighted by Gasteiger charge is -2.02.